The minimum Gasteiger partial charge on any atom is -0.326 e. The van der Waals surface area contributed by atoms with Gasteiger partial charge in [0.25, 0.3) is 0 Å². The third-order valence-electron chi connectivity index (χ3n) is 3.63. The van der Waals surface area contributed by atoms with E-state index >= 15 is 0 Å². The molecule has 1 rings (SSSR count). The molecule has 1 aliphatic heterocycles. The Kier molecular flexibility index (Phi) is 5.44. The molecule has 1 N–H and O–H groups in total. The zero-order valence-electron chi connectivity index (χ0n) is 11.9. The number of hydrogen-bond acceptors (Lipinski definition) is 2. The van der Waals surface area contributed by atoms with Crippen LogP contribution in [0.4, 0.5) is 0 Å². The van der Waals surface area contributed by atoms with Gasteiger partial charge in [0.1, 0.15) is 0 Å². The van der Waals surface area contributed by atoms with Gasteiger partial charge in [-0.2, -0.15) is 0 Å². The van der Waals surface area contributed by atoms with Gasteiger partial charge in [-0.05, 0) is 18.3 Å². The summed E-state index contributed by atoms with van der Waals surface area (Å²) in [6, 6.07) is 0. The number of amides is 1. The predicted octanol–water partition coefficient (Wildman–Crippen LogP) is 2.76. The number of nitrogens with one attached hydrogen (secondary N) is 1. The molecule has 0 spiro atoms. The van der Waals surface area contributed by atoms with E-state index in [4.69, 9.17) is 0 Å². The highest BCUT2D eigenvalue weighted by atomic mass is 16.2. The molecule has 17 heavy (non-hydrogen) atoms. The summed E-state index contributed by atoms with van der Waals surface area (Å²) in [6.45, 7) is 10.3. The smallest absolute Gasteiger partial charge is 0.237 e. The molecule has 0 bridgehead atoms. The van der Waals surface area contributed by atoms with E-state index in [1.54, 1.807) is 0 Å². The minimum absolute atomic E-state index is 0.240. The molecule has 0 aromatic heterocycles. The summed E-state index contributed by atoms with van der Waals surface area (Å²) >= 11 is 0. The molecule has 0 aliphatic carbocycles. The minimum atomic E-state index is 0.240. The fraction of sp³-hybridized carbons (Fsp3) is 0.929. The first-order chi connectivity index (χ1) is 8.00. The lowest BCUT2D eigenvalue weighted by molar-refractivity contribution is -0.129. The molecule has 3 nitrogen and oxygen atoms in total. The Bertz CT molecular complexity index is 251. The maximum Gasteiger partial charge on any atom is 0.237 e. The van der Waals surface area contributed by atoms with Crippen molar-refractivity contribution in [1.82, 2.24) is 10.2 Å². The molecule has 1 fully saturated rings. The Labute approximate surface area is 106 Å². The molecule has 1 unspecified atom stereocenters. The van der Waals surface area contributed by atoms with Crippen LogP contribution in [0.2, 0.25) is 0 Å². The summed E-state index contributed by atoms with van der Waals surface area (Å²) in [5.41, 5.74) is 0.240. The molecule has 0 saturated carbocycles. The average molecular weight is 240 g/mol. The zero-order chi connectivity index (χ0) is 12.9. The average Bonchev–Trinajstić information content (AvgIpc) is 2.60. The summed E-state index contributed by atoms with van der Waals surface area (Å²) in [6.07, 6.45) is 6.30. The van der Waals surface area contributed by atoms with Crippen molar-refractivity contribution in [3.8, 4) is 0 Å². The molecule has 1 saturated heterocycles. The highest BCUT2D eigenvalue weighted by Gasteiger charge is 2.33. The lowest BCUT2D eigenvalue weighted by atomic mass is 9.86. The first kappa shape index (κ1) is 14.5. The predicted molar refractivity (Wildman–Crippen MR) is 71.7 cm³/mol. The van der Waals surface area contributed by atoms with Gasteiger partial charge in [-0.1, -0.05) is 47.0 Å². The van der Waals surface area contributed by atoms with Crippen LogP contribution < -0.4 is 5.32 Å². The van der Waals surface area contributed by atoms with Crippen LogP contribution in [-0.2, 0) is 4.79 Å². The fourth-order valence-corrected chi connectivity index (χ4v) is 2.55. The largest absolute Gasteiger partial charge is 0.326 e. The van der Waals surface area contributed by atoms with Crippen LogP contribution in [0.5, 0.6) is 0 Å². The van der Waals surface area contributed by atoms with Crippen molar-refractivity contribution in [3.05, 3.63) is 0 Å². The summed E-state index contributed by atoms with van der Waals surface area (Å²) in [4.78, 5) is 13.8. The summed E-state index contributed by atoms with van der Waals surface area (Å²) in [5, 5.41) is 3.27. The van der Waals surface area contributed by atoms with Gasteiger partial charge in [0.05, 0.1) is 12.7 Å². The molecule has 3 heteroatoms. The maximum absolute atomic E-state index is 11.8. The van der Waals surface area contributed by atoms with Crippen LogP contribution in [0.1, 0.15) is 59.8 Å². The van der Waals surface area contributed by atoms with Crippen LogP contribution in [-0.4, -0.2) is 30.1 Å². The number of hydrogen-bond donors (Lipinski definition) is 1. The molecule has 1 aliphatic rings. The van der Waals surface area contributed by atoms with Crippen molar-refractivity contribution < 1.29 is 4.79 Å². The van der Waals surface area contributed by atoms with Crippen molar-refractivity contribution >= 4 is 5.91 Å². The molecule has 1 amide bonds. The topological polar surface area (TPSA) is 32.3 Å². The number of nitrogens with zero attached hydrogens (tertiary/aromatic N) is 1. The Hall–Kier alpha value is -0.570. The first-order valence-electron chi connectivity index (χ1n) is 7.03. The number of unbranched alkanes of at least 4 members (excludes halogenated alkanes) is 2. The van der Waals surface area contributed by atoms with Gasteiger partial charge in [0.15, 0.2) is 0 Å². The van der Waals surface area contributed by atoms with E-state index in [1.807, 2.05) is 4.90 Å². The fourth-order valence-electron chi connectivity index (χ4n) is 2.55. The Balaban J connectivity index is 2.47. The lowest BCUT2D eigenvalue weighted by Gasteiger charge is -2.33. The van der Waals surface area contributed by atoms with Gasteiger partial charge in [-0.15, -0.1) is 0 Å². The molecule has 0 radical (unpaired) electrons. The Morgan fingerprint density at radius 2 is 2.06 bits per heavy atom. The third-order valence-corrected chi connectivity index (χ3v) is 3.63. The second-order valence-corrected chi connectivity index (χ2v) is 5.95. The second-order valence-electron chi connectivity index (χ2n) is 5.95. The van der Waals surface area contributed by atoms with Crippen molar-refractivity contribution in [3.63, 3.8) is 0 Å². The monoisotopic (exact) mass is 240 g/mol. The van der Waals surface area contributed by atoms with E-state index in [1.165, 1.54) is 25.7 Å². The molecule has 0 aromatic carbocycles. The Morgan fingerprint density at radius 3 is 2.65 bits per heavy atom. The van der Waals surface area contributed by atoms with Crippen LogP contribution in [0.25, 0.3) is 0 Å². The highest BCUT2D eigenvalue weighted by molar-refractivity contribution is 5.80. The van der Waals surface area contributed by atoms with E-state index < -0.39 is 0 Å². The van der Waals surface area contributed by atoms with Crippen LogP contribution in [0.15, 0.2) is 0 Å². The summed E-state index contributed by atoms with van der Waals surface area (Å²) in [7, 11) is 0. The molecule has 1 heterocycles. The van der Waals surface area contributed by atoms with Gasteiger partial charge in [0, 0.05) is 6.54 Å². The molecule has 100 valence electrons. The van der Waals surface area contributed by atoms with E-state index in [0.717, 1.165) is 13.0 Å². The number of rotatable bonds is 7. The first-order valence-corrected chi connectivity index (χ1v) is 7.03. The van der Waals surface area contributed by atoms with Gasteiger partial charge in [-0.3, -0.25) is 10.1 Å². The normalized spacial score (nSPS) is 21.3. The molecular formula is C14H28N2O. The summed E-state index contributed by atoms with van der Waals surface area (Å²) in [5.74, 6) is 0.264. The van der Waals surface area contributed by atoms with Crippen LogP contribution in [0, 0.1) is 5.41 Å². The third kappa shape index (κ3) is 4.30. The van der Waals surface area contributed by atoms with Gasteiger partial charge in [0.2, 0.25) is 5.91 Å². The van der Waals surface area contributed by atoms with Crippen LogP contribution >= 0.6 is 0 Å². The van der Waals surface area contributed by atoms with Gasteiger partial charge in [-0.25, -0.2) is 0 Å². The van der Waals surface area contributed by atoms with Gasteiger partial charge >= 0.3 is 0 Å². The summed E-state index contributed by atoms with van der Waals surface area (Å²) < 4.78 is 0. The van der Waals surface area contributed by atoms with E-state index in [-0.39, 0.29) is 17.5 Å². The van der Waals surface area contributed by atoms with Gasteiger partial charge < -0.3 is 4.90 Å². The van der Waals surface area contributed by atoms with E-state index in [2.05, 4.69) is 33.0 Å². The van der Waals surface area contributed by atoms with E-state index in [0.29, 0.717) is 6.54 Å². The Morgan fingerprint density at radius 1 is 1.35 bits per heavy atom. The van der Waals surface area contributed by atoms with Crippen molar-refractivity contribution in [2.75, 3.05) is 13.1 Å². The zero-order valence-corrected chi connectivity index (χ0v) is 11.9. The maximum atomic E-state index is 11.8. The van der Waals surface area contributed by atoms with Crippen molar-refractivity contribution in [1.29, 1.82) is 0 Å². The quantitative estimate of drug-likeness (QED) is 0.694. The van der Waals surface area contributed by atoms with Crippen LogP contribution in [0.3, 0.4) is 0 Å². The van der Waals surface area contributed by atoms with Crippen molar-refractivity contribution in [2.45, 2.75) is 66.0 Å². The highest BCUT2D eigenvalue weighted by Crippen LogP contribution is 2.27. The second kappa shape index (κ2) is 6.39. The van der Waals surface area contributed by atoms with Crippen molar-refractivity contribution in [2.24, 2.45) is 5.41 Å². The number of carbonyl (C=O) groups excluding carboxylic acids is 1. The molecule has 1 atom stereocenters. The lowest BCUT2D eigenvalue weighted by Crippen LogP contribution is -2.42. The van der Waals surface area contributed by atoms with E-state index in [9.17, 15) is 4.79 Å². The number of carbonyl (C=O) groups is 1. The molecule has 0 aromatic rings. The standard InChI is InChI=1S/C14H28N2O/c1-5-7-8-9-14(3,4)11-16-12(6-2)15-10-13(16)17/h12,15H,5-11H2,1-4H3. The molecular weight excluding hydrogens is 212 g/mol. The SMILES string of the molecule is CCCCCC(C)(C)CN1C(=O)CNC1CC.